The van der Waals surface area contributed by atoms with E-state index in [9.17, 15) is 4.79 Å². The monoisotopic (exact) mass is 161 g/mol. The smallest absolute Gasteiger partial charge is 0.326 e. The first kappa shape index (κ1) is 9.65. The number of hydrogen-bond acceptors (Lipinski definition) is 3. The van der Waals surface area contributed by atoms with Gasteiger partial charge in [-0.15, -0.1) is 0 Å². The lowest BCUT2D eigenvalue weighted by Crippen LogP contribution is -2.48. The maximum absolute atomic E-state index is 10.5. The van der Waals surface area contributed by atoms with Crippen molar-refractivity contribution in [1.82, 2.24) is 4.98 Å². The minimum atomic E-state index is -1.87. The largest absolute Gasteiger partial charge is 0.505 e. The quantitative estimate of drug-likeness (QED) is 0.624. The number of carbonyl (C=O) groups excluding carboxylic acids is 1. The molecule has 0 radical (unpaired) electrons. The summed E-state index contributed by atoms with van der Waals surface area (Å²) in [4.78, 5) is 13.7. The summed E-state index contributed by atoms with van der Waals surface area (Å²) in [7, 11) is -1.87. The Hall–Kier alpha value is -0.353. The Labute approximate surface area is 63.0 Å². The lowest BCUT2D eigenvalue weighted by molar-refractivity contribution is -0.132. The summed E-state index contributed by atoms with van der Waals surface area (Å²) in [6.07, 6.45) is 0. The van der Waals surface area contributed by atoms with Crippen molar-refractivity contribution < 1.29 is 9.22 Å². The van der Waals surface area contributed by atoms with Crippen LogP contribution in [0.1, 0.15) is 13.8 Å². The second kappa shape index (κ2) is 3.73. The molecule has 0 amide bonds. The van der Waals surface area contributed by atoms with Crippen molar-refractivity contribution in [3.63, 3.8) is 0 Å². The minimum Gasteiger partial charge on any atom is -0.505 e. The fraction of sp³-hybridized carbons (Fsp3) is 0.833. The van der Waals surface area contributed by atoms with Crippen molar-refractivity contribution in [2.45, 2.75) is 26.9 Å². The second-order valence-corrected chi connectivity index (χ2v) is 6.21. The van der Waals surface area contributed by atoms with Crippen LogP contribution in [-0.2, 0) is 9.22 Å². The number of carbonyl (C=O) groups is 1. The molecule has 0 spiro atoms. The summed E-state index contributed by atoms with van der Waals surface area (Å²) in [5.41, 5.74) is 0. The predicted octanol–water partition coefficient (Wildman–Crippen LogP) is 0.861. The maximum atomic E-state index is 10.5. The van der Waals surface area contributed by atoms with Crippen LogP contribution in [-0.4, -0.2) is 21.0 Å². The van der Waals surface area contributed by atoms with E-state index in [0.717, 1.165) is 6.54 Å². The Morgan fingerprint density at radius 2 is 2.10 bits per heavy atom. The highest BCUT2D eigenvalue weighted by Crippen LogP contribution is 1.98. The summed E-state index contributed by atoms with van der Waals surface area (Å²) in [5.74, 6) is -0.197. The van der Waals surface area contributed by atoms with E-state index in [2.05, 4.69) is 4.98 Å². The molecule has 0 aliphatic heterocycles. The van der Waals surface area contributed by atoms with Crippen LogP contribution >= 0.6 is 0 Å². The Balaban J connectivity index is 3.74. The van der Waals surface area contributed by atoms with E-state index in [0.29, 0.717) is 0 Å². The van der Waals surface area contributed by atoms with Gasteiger partial charge >= 0.3 is 8.48 Å². The summed E-state index contributed by atoms with van der Waals surface area (Å²) in [6, 6.07) is 0. The Kier molecular flexibility index (Phi) is 3.60. The zero-order valence-electron chi connectivity index (χ0n) is 7.02. The summed E-state index contributed by atoms with van der Waals surface area (Å²) in [5, 5.41) is 0. The fourth-order valence-corrected chi connectivity index (χ4v) is 2.46. The first-order valence-electron chi connectivity index (χ1n) is 3.42. The average molecular weight is 161 g/mol. The molecule has 0 unspecified atom stereocenters. The molecule has 3 nitrogen and oxygen atoms in total. The molecule has 0 atom stereocenters. The molecule has 0 aliphatic carbocycles. The molecule has 0 saturated carbocycles. The molecule has 60 valence electrons. The zero-order valence-corrected chi connectivity index (χ0v) is 8.02. The van der Waals surface area contributed by atoms with Gasteiger partial charge in [0.15, 0.2) is 0 Å². The zero-order chi connectivity index (χ0) is 8.20. The van der Waals surface area contributed by atoms with Gasteiger partial charge in [-0.2, -0.15) is 0 Å². The molecule has 0 rings (SSSR count). The Morgan fingerprint density at radius 1 is 1.60 bits per heavy atom. The molecule has 0 fully saturated rings. The fourth-order valence-electron chi connectivity index (χ4n) is 0.821. The van der Waals surface area contributed by atoms with E-state index >= 15 is 0 Å². The predicted molar refractivity (Wildman–Crippen MR) is 42.9 cm³/mol. The van der Waals surface area contributed by atoms with E-state index < -0.39 is 8.48 Å². The molecule has 10 heavy (non-hydrogen) atoms. The summed E-state index contributed by atoms with van der Waals surface area (Å²) >= 11 is 0. The molecule has 0 aromatic carbocycles. The summed E-state index contributed by atoms with van der Waals surface area (Å²) in [6.45, 7) is 8.20. The molecule has 0 saturated heterocycles. The van der Waals surface area contributed by atoms with Crippen LogP contribution in [0.3, 0.4) is 0 Å². The molecule has 1 N–H and O–H groups in total. The second-order valence-electron chi connectivity index (χ2n) is 2.63. The highest BCUT2D eigenvalue weighted by Gasteiger charge is 2.23. The standard InChI is InChI=1S/C6H15NO2Si/c1-5-7-10(3,4)9-6(2)8/h7H,5H2,1-4H3. The average Bonchev–Trinajstić information content (AvgIpc) is 1.59. The van der Waals surface area contributed by atoms with E-state index in [-0.39, 0.29) is 5.97 Å². The molecule has 0 heterocycles. The van der Waals surface area contributed by atoms with E-state index in [1.54, 1.807) is 0 Å². The van der Waals surface area contributed by atoms with Gasteiger partial charge in [-0.05, 0) is 19.6 Å². The van der Waals surface area contributed by atoms with Crippen LogP contribution in [0, 0.1) is 0 Å². The Morgan fingerprint density at radius 3 is 2.40 bits per heavy atom. The topological polar surface area (TPSA) is 38.3 Å². The van der Waals surface area contributed by atoms with Gasteiger partial charge in [-0.25, -0.2) is 0 Å². The normalized spacial score (nSPS) is 11.2. The van der Waals surface area contributed by atoms with Crippen LogP contribution in [0.4, 0.5) is 0 Å². The van der Waals surface area contributed by atoms with Crippen molar-refractivity contribution in [2.75, 3.05) is 6.54 Å². The first-order valence-corrected chi connectivity index (χ1v) is 6.33. The van der Waals surface area contributed by atoms with Crippen molar-refractivity contribution in [2.24, 2.45) is 0 Å². The number of hydrogen-bond donors (Lipinski definition) is 1. The van der Waals surface area contributed by atoms with Crippen molar-refractivity contribution in [3.05, 3.63) is 0 Å². The lowest BCUT2D eigenvalue weighted by atomic mass is 10.8. The molecular weight excluding hydrogens is 146 g/mol. The Bertz CT molecular complexity index is 125. The van der Waals surface area contributed by atoms with Gasteiger partial charge in [-0.1, -0.05) is 6.92 Å². The van der Waals surface area contributed by atoms with Crippen LogP contribution in [0.25, 0.3) is 0 Å². The van der Waals surface area contributed by atoms with Crippen molar-refractivity contribution in [3.8, 4) is 0 Å². The van der Waals surface area contributed by atoms with E-state index in [4.69, 9.17) is 4.43 Å². The molecule has 0 aromatic heterocycles. The van der Waals surface area contributed by atoms with Gasteiger partial charge in [-0.3, -0.25) is 4.79 Å². The highest BCUT2D eigenvalue weighted by atomic mass is 28.4. The number of nitrogens with one attached hydrogen (secondary N) is 1. The van der Waals surface area contributed by atoms with Crippen molar-refractivity contribution >= 4 is 14.4 Å². The van der Waals surface area contributed by atoms with Gasteiger partial charge in [0.05, 0.1) is 0 Å². The van der Waals surface area contributed by atoms with Gasteiger partial charge in [0.2, 0.25) is 0 Å². The van der Waals surface area contributed by atoms with E-state index in [1.807, 2.05) is 20.0 Å². The van der Waals surface area contributed by atoms with Gasteiger partial charge in [0, 0.05) is 6.92 Å². The summed E-state index contributed by atoms with van der Waals surface area (Å²) < 4.78 is 5.07. The highest BCUT2D eigenvalue weighted by molar-refractivity contribution is 6.70. The third-order valence-electron chi connectivity index (χ3n) is 1.00. The van der Waals surface area contributed by atoms with Gasteiger partial charge < -0.3 is 9.41 Å². The van der Waals surface area contributed by atoms with Crippen LogP contribution < -0.4 is 4.98 Å². The van der Waals surface area contributed by atoms with Gasteiger partial charge in [0.25, 0.3) is 5.97 Å². The molecular formula is C6H15NO2Si. The third kappa shape index (κ3) is 4.52. The molecule has 0 bridgehead atoms. The van der Waals surface area contributed by atoms with Crippen LogP contribution in [0.2, 0.25) is 13.1 Å². The first-order chi connectivity index (χ1) is 4.48. The maximum Gasteiger partial charge on any atom is 0.326 e. The third-order valence-corrected chi connectivity index (χ3v) is 3.00. The number of rotatable bonds is 3. The SMILES string of the molecule is CCN[Si](C)(C)OC(C)=O. The van der Waals surface area contributed by atoms with Crippen LogP contribution in [0.5, 0.6) is 0 Å². The lowest BCUT2D eigenvalue weighted by Gasteiger charge is -2.21. The molecule has 0 aliphatic rings. The van der Waals surface area contributed by atoms with E-state index in [1.165, 1.54) is 6.92 Å². The van der Waals surface area contributed by atoms with Crippen molar-refractivity contribution in [1.29, 1.82) is 0 Å². The minimum absolute atomic E-state index is 0.197. The van der Waals surface area contributed by atoms with Crippen LogP contribution in [0.15, 0.2) is 0 Å². The molecule has 4 heteroatoms. The molecule has 0 aromatic rings. The van der Waals surface area contributed by atoms with Gasteiger partial charge in [0.1, 0.15) is 0 Å².